The number of piperazine rings is 1. The summed E-state index contributed by atoms with van der Waals surface area (Å²) in [6.07, 6.45) is 1.83. The Morgan fingerprint density at radius 1 is 1.41 bits per heavy atom. The Morgan fingerprint density at radius 2 is 2.12 bits per heavy atom. The average Bonchev–Trinajstić information content (AvgIpc) is 2.36. The van der Waals surface area contributed by atoms with E-state index in [1.54, 1.807) is 6.07 Å². The second-order valence-electron chi connectivity index (χ2n) is 4.13. The summed E-state index contributed by atoms with van der Waals surface area (Å²) in [5.41, 5.74) is 0.730. The van der Waals surface area contributed by atoms with Crippen LogP contribution in [0.25, 0.3) is 0 Å². The molecule has 1 fully saturated rings. The molecule has 17 heavy (non-hydrogen) atoms. The van der Waals surface area contributed by atoms with Gasteiger partial charge in [0.05, 0.1) is 6.04 Å². The lowest BCUT2D eigenvalue weighted by Gasteiger charge is -2.33. The first-order chi connectivity index (χ1) is 8.22. The Kier molecular flexibility index (Phi) is 4.53. The molecule has 1 aromatic rings. The first-order valence-corrected chi connectivity index (χ1v) is 6.82. The minimum atomic E-state index is -0.145. The van der Waals surface area contributed by atoms with E-state index in [1.807, 2.05) is 12.1 Å². The van der Waals surface area contributed by atoms with Crippen molar-refractivity contribution in [3.63, 3.8) is 0 Å². The molecule has 0 amide bonds. The van der Waals surface area contributed by atoms with Crippen LogP contribution in [-0.4, -0.2) is 31.1 Å². The van der Waals surface area contributed by atoms with Crippen molar-refractivity contribution in [1.29, 1.82) is 0 Å². The Hall–Kier alpha value is -0.460. The van der Waals surface area contributed by atoms with Crippen LogP contribution in [0.3, 0.4) is 0 Å². The first-order valence-electron chi connectivity index (χ1n) is 5.74. The quantitative estimate of drug-likeness (QED) is 0.669. The third-order valence-corrected chi connectivity index (χ3v) is 3.72. The van der Waals surface area contributed by atoms with Gasteiger partial charge in [0.25, 0.3) is 0 Å². The van der Waals surface area contributed by atoms with Crippen LogP contribution in [0.5, 0.6) is 0 Å². The van der Waals surface area contributed by atoms with E-state index in [0.717, 1.165) is 35.3 Å². The van der Waals surface area contributed by atoms with Crippen LogP contribution >= 0.6 is 22.6 Å². The van der Waals surface area contributed by atoms with Crippen LogP contribution in [0, 0.1) is 9.39 Å². The molecule has 0 spiro atoms. The number of nitrogens with one attached hydrogen (secondary N) is 1. The van der Waals surface area contributed by atoms with Crippen LogP contribution in [0.1, 0.15) is 11.6 Å². The van der Waals surface area contributed by atoms with Gasteiger partial charge in [-0.25, -0.2) is 4.39 Å². The average molecular weight is 346 g/mol. The fraction of sp³-hybridized carbons (Fsp3) is 0.385. The van der Waals surface area contributed by atoms with E-state index in [9.17, 15) is 4.39 Å². The van der Waals surface area contributed by atoms with E-state index in [4.69, 9.17) is 0 Å². The van der Waals surface area contributed by atoms with Gasteiger partial charge in [0, 0.05) is 35.3 Å². The zero-order valence-electron chi connectivity index (χ0n) is 9.63. The van der Waals surface area contributed by atoms with Crippen molar-refractivity contribution >= 4 is 22.6 Å². The zero-order valence-corrected chi connectivity index (χ0v) is 11.8. The third-order valence-electron chi connectivity index (χ3n) is 3.04. The number of hydrogen-bond acceptors (Lipinski definition) is 2. The number of nitrogens with zero attached hydrogens (tertiary/aromatic N) is 1. The predicted octanol–water partition coefficient (Wildman–Crippen LogP) is 2.56. The zero-order chi connectivity index (χ0) is 12.3. The van der Waals surface area contributed by atoms with Gasteiger partial charge < -0.3 is 5.32 Å². The van der Waals surface area contributed by atoms with Crippen molar-refractivity contribution < 1.29 is 4.39 Å². The second kappa shape index (κ2) is 5.93. The van der Waals surface area contributed by atoms with Crippen molar-refractivity contribution in [1.82, 2.24) is 10.2 Å². The Labute approximate surface area is 115 Å². The van der Waals surface area contributed by atoms with Gasteiger partial charge in [-0.2, -0.15) is 0 Å². The van der Waals surface area contributed by atoms with Crippen LogP contribution < -0.4 is 5.32 Å². The van der Waals surface area contributed by atoms with Crippen LogP contribution in [0.2, 0.25) is 0 Å². The Balaban J connectivity index is 2.27. The largest absolute Gasteiger partial charge is 0.314 e. The highest BCUT2D eigenvalue weighted by atomic mass is 127. The molecule has 1 N–H and O–H groups in total. The molecule has 1 heterocycles. The van der Waals surface area contributed by atoms with E-state index in [0.29, 0.717) is 0 Å². The molecule has 0 aliphatic carbocycles. The van der Waals surface area contributed by atoms with Crippen molar-refractivity contribution in [2.45, 2.75) is 6.04 Å². The number of halogens is 2. The van der Waals surface area contributed by atoms with E-state index < -0.39 is 0 Å². The number of rotatable bonds is 3. The molecule has 1 aromatic carbocycles. The summed E-state index contributed by atoms with van der Waals surface area (Å²) < 4.78 is 14.9. The molecule has 92 valence electrons. The molecule has 1 aliphatic rings. The van der Waals surface area contributed by atoms with Gasteiger partial charge in [-0.1, -0.05) is 6.08 Å². The summed E-state index contributed by atoms with van der Waals surface area (Å²) in [6.45, 7) is 7.62. The minimum absolute atomic E-state index is 0.0215. The molecule has 0 aromatic heterocycles. The summed E-state index contributed by atoms with van der Waals surface area (Å²) in [4.78, 5) is 2.26. The molecule has 0 radical (unpaired) electrons. The first kappa shape index (κ1) is 13.0. The van der Waals surface area contributed by atoms with Crippen LogP contribution in [0.15, 0.2) is 30.9 Å². The number of hydrogen-bond donors (Lipinski definition) is 1. The Bertz CT molecular complexity index is 402. The number of benzene rings is 1. The smallest absolute Gasteiger partial charge is 0.128 e. The van der Waals surface area contributed by atoms with Gasteiger partial charge in [-0.15, -0.1) is 6.58 Å². The highest BCUT2D eigenvalue weighted by molar-refractivity contribution is 14.1. The highest BCUT2D eigenvalue weighted by Crippen LogP contribution is 2.26. The van der Waals surface area contributed by atoms with Crippen molar-refractivity contribution in [3.05, 3.63) is 45.8 Å². The molecule has 0 saturated carbocycles. The monoisotopic (exact) mass is 346 g/mol. The lowest BCUT2D eigenvalue weighted by molar-refractivity contribution is 0.200. The molecule has 2 nitrogen and oxygen atoms in total. The molecular formula is C13H16FIN2. The maximum atomic E-state index is 13.9. The fourth-order valence-electron chi connectivity index (χ4n) is 2.17. The maximum absolute atomic E-state index is 13.9. The van der Waals surface area contributed by atoms with Crippen LogP contribution in [0.4, 0.5) is 4.39 Å². The van der Waals surface area contributed by atoms with Gasteiger partial charge >= 0.3 is 0 Å². The molecule has 2 rings (SSSR count). The van der Waals surface area contributed by atoms with Gasteiger partial charge in [-0.05, 0) is 40.8 Å². The van der Waals surface area contributed by atoms with E-state index in [-0.39, 0.29) is 11.9 Å². The normalized spacial score (nSPS) is 18.9. The molecule has 4 heteroatoms. The second-order valence-corrected chi connectivity index (χ2v) is 5.38. The Morgan fingerprint density at radius 3 is 2.76 bits per heavy atom. The summed E-state index contributed by atoms with van der Waals surface area (Å²) in [5, 5.41) is 3.30. The van der Waals surface area contributed by atoms with Crippen LogP contribution in [-0.2, 0) is 0 Å². The van der Waals surface area contributed by atoms with Gasteiger partial charge in [0.15, 0.2) is 0 Å². The SMILES string of the molecule is C=C[C@@H](c1cc(I)ccc1F)N1CCNCC1. The highest BCUT2D eigenvalue weighted by Gasteiger charge is 2.21. The van der Waals surface area contributed by atoms with Crippen molar-refractivity contribution in [2.75, 3.05) is 26.2 Å². The van der Waals surface area contributed by atoms with Gasteiger partial charge in [-0.3, -0.25) is 4.90 Å². The lowest BCUT2D eigenvalue weighted by Crippen LogP contribution is -2.44. The lowest BCUT2D eigenvalue weighted by atomic mass is 10.0. The summed E-state index contributed by atoms with van der Waals surface area (Å²) >= 11 is 2.21. The van der Waals surface area contributed by atoms with Gasteiger partial charge in [0.1, 0.15) is 5.82 Å². The van der Waals surface area contributed by atoms with E-state index in [1.165, 1.54) is 6.07 Å². The summed E-state index contributed by atoms with van der Waals surface area (Å²) in [6, 6.07) is 5.21. The summed E-state index contributed by atoms with van der Waals surface area (Å²) in [5.74, 6) is -0.145. The van der Waals surface area contributed by atoms with E-state index >= 15 is 0 Å². The molecule has 0 bridgehead atoms. The minimum Gasteiger partial charge on any atom is -0.314 e. The fourth-order valence-corrected chi connectivity index (χ4v) is 2.69. The molecule has 1 aliphatic heterocycles. The molecule has 1 saturated heterocycles. The van der Waals surface area contributed by atoms with Crippen molar-refractivity contribution in [2.24, 2.45) is 0 Å². The van der Waals surface area contributed by atoms with Gasteiger partial charge in [0.2, 0.25) is 0 Å². The topological polar surface area (TPSA) is 15.3 Å². The summed E-state index contributed by atoms with van der Waals surface area (Å²) in [7, 11) is 0. The van der Waals surface area contributed by atoms with E-state index in [2.05, 4.69) is 39.4 Å². The maximum Gasteiger partial charge on any atom is 0.128 e. The third kappa shape index (κ3) is 3.05. The predicted molar refractivity (Wildman–Crippen MR) is 76.5 cm³/mol. The standard InChI is InChI=1S/C13H16FIN2/c1-2-13(17-7-5-16-6-8-17)11-9-10(15)3-4-12(11)14/h2-4,9,13,16H,1,5-8H2/t13-/m0/s1. The molecule has 1 atom stereocenters. The van der Waals surface area contributed by atoms with Crippen molar-refractivity contribution in [3.8, 4) is 0 Å². The molecule has 0 unspecified atom stereocenters. The molecular weight excluding hydrogens is 330 g/mol.